The molecule has 3 aromatic carbocycles. The van der Waals surface area contributed by atoms with Gasteiger partial charge in [-0.05, 0) is 42.2 Å². The number of cyclic esters (lactones) is 1. The summed E-state index contributed by atoms with van der Waals surface area (Å²) in [5.41, 5.74) is 1.52. The molecule has 2 aliphatic heterocycles. The van der Waals surface area contributed by atoms with E-state index in [-0.39, 0.29) is 31.3 Å². The SMILES string of the molecule is CCC(=O)[C@@](C)(OCc1ccccc1)[C@@H]1O[C@H](Cc2ccc(OC)cc2)O[C@H]([C@@H](C)C(=O)N2C(=O)OC[C@H]2Cc2ccccc2)[C@@H]1C. The van der Waals surface area contributed by atoms with Crippen molar-refractivity contribution in [2.75, 3.05) is 13.7 Å². The molecule has 2 heterocycles. The molecule has 250 valence electrons. The van der Waals surface area contributed by atoms with Gasteiger partial charge in [0.05, 0.1) is 31.8 Å². The quantitative estimate of drug-likeness (QED) is 0.218. The summed E-state index contributed by atoms with van der Waals surface area (Å²) in [7, 11) is 1.61. The summed E-state index contributed by atoms with van der Waals surface area (Å²) in [6.45, 7) is 7.59. The van der Waals surface area contributed by atoms with Crippen LogP contribution >= 0.6 is 0 Å². The second-order valence-electron chi connectivity index (χ2n) is 12.6. The third kappa shape index (κ3) is 7.75. The fourth-order valence-corrected chi connectivity index (χ4v) is 6.65. The van der Waals surface area contributed by atoms with E-state index < -0.39 is 48.1 Å². The first-order chi connectivity index (χ1) is 22.6. The highest BCUT2D eigenvalue weighted by molar-refractivity contribution is 5.95. The number of benzene rings is 3. The number of carbonyl (C=O) groups is 3. The third-order valence-electron chi connectivity index (χ3n) is 9.36. The number of Topliss-reactive ketones (excluding diaryl/α,β-unsaturated/α-hetero) is 1. The van der Waals surface area contributed by atoms with E-state index in [1.807, 2.05) is 91.9 Å². The van der Waals surface area contributed by atoms with Crippen LogP contribution < -0.4 is 4.74 Å². The molecule has 2 saturated heterocycles. The molecular formula is C38H45NO8. The molecule has 2 fully saturated rings. The smallest absolute Gasteiger partial charge is 0.416 e. The average molecular weight is 644 g/mol. The molecule has 0 radical (unpaired) electrons. The van der Waals surface area contributed by atoms with Gasteiger partial charge in [-0.1, -0.05) is 93.6 Å². The summed E-state index contributed by atoms with van der Waals surface area (Å²) in [6.07, 6.45) is -1.81. The van der Waals surface area contributed by atoms with Gasteiger partial charge < -0.3 is 23.7 Å². The van der Waals surface area contributed by atoms with E-state index in [9.17, 15) is 14.4 Å². The largest absolute Gasteiger partial charge is 0.497 e. The van der Waals surface area contributed by atoms with Crippen LogP contribution in [0, 0.1) is 11.8 Å². The molecule has 7 atom stereocenters. The number of amides is 2. The molecule has 9 nitrogen and oxygen atoms in total. The van der Waals surface area contributed by atoms with Crippen LogP contribution in [0.25, 0.3) is 0 Å². The van der Waals surface area contributed by atoms with Gasteiger partial charge in [-0.25, -0.2) is 9.69 Å². The lowest BCUT2D eigenvalue weighted by molar-refractivity contribution is -0.305. The van der Waals surface area contributed by atoms with Crippen LogP contribution in [0.5, 0.6) is 5.75 Å². The van der Waals surface area contributed by atoms with Crippen LogP contribution in [0.15, 0.2) is 84.9 Å². The normalized spacial score (nSPS) is 24.7. The average Bonchev–Trinajstić information content (AvgIpc) is 3.47. The number of carbonyl (C=O) groups excluding carboxylic acids is 3. The third-order valence-corrected chi connectivity index (χ3v) is 9.36. The predicted octanol–water partition coefficient (Wildman–Crippen LogP) is 6.16. The molecule has 0 bridgehead atoms. The Balaban J connectivity index is 1.44. The first-order valence-corrected chi connectivity index (χ1v) is 16.3. The van der Waals surface area contributed by atoms with E-state index >= 15 is 0 Å². The van der Waals surface area contributed by atoms with Gasteiger partial charge in [-0.3, -0.25) is 9.59 Å². The highest BCUT2D eigenvalue weighted by atomic mass is 16.7. The lowest BCUT2D eigenvalue weighted by atomic mass is 9.77. The van der Waals surface area contributed by atoms with E-state index in [2.05, 4.69) is 0 Å². The summed E-state index contributed by atoms with van der Waals surface area (Å²) < 4.78 is 30.4. The zero-order valence-electron chi connectivity index (χ0n) is 27.8. The fourth-order valence-electron chi connectivity index (χ4n) is 6.65. The van der Waals surface area contributed by atoms with Gasteiger partial charge in [0.15, 0.2) is 17.7 Å². The molecule has 5 rings (SSSR count). The number of nitrogens with zero attached hydrogens (tertiary/aromatic N) is 1. The number of imide groups is 1. The molecule has 0 saturated carbocycles. The molecule has 0 N–H and O–H groups in total. The minimum atomic E-state index is -1.34. The van der Waals surface area contributed by atoms with Crippen LogP contribution in [-0.4, -0.2) is 66.5 Å². The van der Waals surface area contributed by atoms with Crippen molar-refractivity contribution < 1.29 is 38.1 Å². The Morgan fingerprint density at radius 1 is 0.915 bits per heavy atom. The lowest BCUT2D eigenvalue weighted by Gasteiger charge is -2.48. The topological polar surface area (TPSA) is 101 Å². The Hall–Kier alpha value is -4.05. The number of methoxy groups -OCH3 is 1. The first-order valence-electron chi connectivity index (χ1n) is 16.3. The van der Waals surface area contributed by atoms with Crippen molar-refractivity contribution in [3.63, 3.8) is 0 Å². The van der Waals surface area contributed by atoms with Crippen LogP contribution in [0.2, 0.25) is 0 Å². The molecule has 0 unspecified atom stereocenters. The van der Waals surface area contributed by atoms with Crippen LogP contribution in [0.1, 0.15) is 50.8 Å². The van der Waals surface area contributed by atoms with Crippen molar-refractivity contribution in [3.05, 3.63) is 102 Å². The first kappa shape index (κ1) is 34.3. The van der Waals surface area contributed by atoms with Gasteiger partial charge in [0.25, 0.3) is 0 Å². The van der Waals surface area contributed by atoms with E-state index in [0.717, 1.165) is 22.4 Å². The Bertz CT molecular complexity index is 1500. The lowest BCUT2D eigenvalue weighted by Crippen LogP contribution is -2.62. The Morgan fingerprint density at radius 3 is 2.15 bits per heavy atom. The Morgan fingerprint density at radius 2 is 1.53 bits per heavy atom. The number of rotatable bonds is 13. The van der Waals surface area contributed by atoms with Crippen molar-refractivity contribution in [1.29, 1.82) is 0 Å². The molecule has 0 aliphatic carbocycles. The van der Waals surface area contributed by atoms with Gasteiger partial charge >= 0.3 is 6.09 Å². The van der Waals surface area contributed by atoms with Crippen molar-refractivity contribution >= 4 is 17.8 Å². The summed E-state index contributed by atoms with van der Waals surface area (Å²) >= 11 is 0. The van der Waals surface area contributed by atoms with Gasteiger partial charge in [0, 0.05) is 18.8 Å². The predicted molar refractivity (Wildman–Crippen MR) is 176 cm³/mol. The highest BCUT2D eigenvalue weighted by Gasteiger charge is 2.54. The van der Waals surface area contributed by atoms with Crippen molar-refractivity contribution in [2.24, 2.45) is 11.8 Å². The minimum absolute atomic E-state index is 0.112. The van der Waals surface area contributed by atoms with E-state index in [1.165, 1.54) is 4.90 Å². The molecule has 2 amide bonds. The Labute approximate surface area is 277 Å². The van der Waals surface area contributed by atoms with E-state index in [1.54, 1.807) is 27.9 Å². The summed E-state index contributed by atoms with van der Waals surface area (Å²) in [5, 5.41) is 0. The van der Waals surface area contributed by atoms with Gasteiger partial charge in [-0.2, -0.15) is 0 Å². The summed E-state index contributed by atoms with van der Waals surface area (Å²) in [5.74, 6) is -0.986. The number of hydrogen-bond acceptors (Lipinski definition) is 8. The van der Waals surface area contributed by atoms with Crippen LogP contribution in [0.4, 0.5) is 4.79 Å². The maximum atomic E-state index is 14.2. The molecule has 2 aliphatic rings. The highest BCUT2D eigenvalue weighted by Crippen LogP contribution is 2.39. The van der Waals surface area contributed by atoms with Gasteiger partial charge in [0.1, 0.15) is 18.5 Å². The second-order valence-corrected chi connectivity index (χ2v) is 12.6. The monoisotopic (exact) mass is 643 g/mol. The molecule has 9 heteroatoms. The zero-order valence-corrected chi connectivity index (χ0v) is 27.8. The minimum Gasteiger partial charge on any atom is -0.497 e. The van der Waals surface area contributed by atoms with E-state index in [4.69, 9.17) is 23.7 Å². The molecular weight excluding hydrogens is 598 g/mol. The molecule has 47 heavy (non-hydrogen) atoms. The number of hydrogen-bond donors (Lipinski definition) is 0. The maximum absolute atomic E-state index is 14.2. The standard InChI is InChI=1S/C38H45NO8/c1-6-32(40)38(4,45-23-29-15-11-8-12-16-29)35-25(2)34(46-33(47-35)22-28-17-19-31(43-5)20-18-28)26(3)36(41)39-30(24-44-37(39)42)21-27-13-9-7-10-14-27/h7-20,25-26,30,33-35H,6,21-24H2,1-5H3/t25-,26+,30+,33+,34-,35+,38+/m0/s1. The van der Waals surface area contributed by atoms with Crippen LogP contribution in [0.3, 0.4) is 0 Å². The Kier molecular flexibility index (Phi) is 11.1. The van der Waals surface area contributed by atoms with Crippen molar-refractivity contribution in [3.8, 4) is 5.75 Å². The maximum Gasteiger partial charge on any atom is 0.416 e. The fraction of sp³-hybridized carbons (Fsp3) is 0.447. The molecule has 0 spiro atoms. The van der Waals surface area contributed by atoms with Crippen molar-refractivity contribution in [1.82, 2.24) is 4.90 Å². The van der Waals surface area contributed by atoms with Crippen LogP contribution in [-0.2, 0) is 48.0 Å². The molecule has 0 aromatic heterocycles. The molecule has 3 aromatic rings. The summed E-state index contributed by atoms with van der Waals surface area (Å²) in [6, 6.07) is 26.5. The number of ketones is 1. The van der Waals surface area contributed by atoms with Gasteiger partial charge in [-0.15, -0.1) is 0 Å². The second kappa shape index (κ2) is 15.2. The van der Waals surface area contributed by atoms with Crippen molar-refractivity contribution in [2.45, 2.75) is 83.7 Å². The van der Waals surface area contributed by atoms with Gasteiger partial charge in [0.2, 0.25) is 5.91 Å². The number of ether oxygens (including phenoxy) is 5. The zero-order chi connectivity index (χ0) is 33.6. The summed E-state index contributed by atoms with van der Waals surface area (Å²) in [4.78, 5) is 42.1. The van der Waals surface area contributed by atoms with E-state index in [0.29, 0.717) is 12.8 Å².